The molecule has 104 valence electrons. The number of nitrogen functional groups attached to an aromatic ring is 1. The Kier molecular flexibility index (Phi) is 5.03. The third-order valence-electron chi connectivity index (χ3n) is 2.48. The van der Waals surface area contributed by atoms with E-state index in [9.17, 15) is 9.18 Å². The van der Waals surface area contributed by atoms with Gasteiger partial charge in [-0.15, -0.1) is 0 Å². The Morgan fingerprint density at radius 1 is 1.20 bits per heavy atom. The molecule has 0 bridgehead atoms. The first-order chi connectivity index (χ1) is 9.38. The Bertz CT molecular complexity index is 671. The van der Waals surface area contributed by atoms with Gasteiger partial charge in [0.1, 0.15) is 5.82 Å². The van der Waals surface area contributed by atoms with E-state index in [4.69, 9.17) is 5.73 Å². The van der Waals surface area contributed by atoms with Crippen LogP contribution in [0.2, 0.25) is 0 Å². The Labute approximate surface area is 145 Å². The number of nitrogens with one attached hydrogen (secondary N) is 1. The number of hydrogen-bond donors (Lipinski definition) is 2. The van der Waals surface area contributed by atoms with Crippen LogP contribution in [0.5, 0.6) is 0 Å². The first kappa shape index (κ1) is 15.7. The number of carbonyl (C=O) groups excluding carboxylic acids is 1. The number of anilines is 2. The smallest absolute Gasteiger partial charge is 0.256 e. The fourth-order valence-corrected chi connectivity index (χ4v) is 3.71. The van der Waals surface area contributed by atoms with Crippen LogP contribution in [0.25, 0.3) is 0 Å². The maximum Gasteiger partial charge on any atom is 0.256 e. The summed E-state index contributed by atoms with van der Waals surface area (Å²) >= 11 is 8.61. The van der Waals surface area contributed by atoms with Gasteiger partial charge >= 0.3 is 0 Å². The summed E-state index contributed by atoms with van der Waals surface area (Å²) in [5.74, 6) is -0.693. The zero-order valence-electron chi connectivity index (χ0n) is 9.88. The maximum absolute atomic E-state index is 13.0. The minimum Gasteiger partial charge on any atom is -0.399 e. The molecular weight excluding hydrogens is 506 g/mol. The topological polar surface area (TPSA) is 55.1 Å². The van der Waals surface area contributed by atoms with Crippen LogP contribution in [0.4, 0.5) is 15.8 Å². The van der Waals surface area contributed by atoms with Crippen LogP contribution < -0.4 is 11.1 Å². The monoisotopic (exact) mass is 512 g/mol. The van der Waals surface area contributed by atoms with Crippen molar-refractivity contribution in [2.45, 2.75) is 0 Å². The predicted octanol–water partition coefficient (Wildman–Crippen LogP) is 4.79. The van der Waals surface area contributed by atoms with Crippen LogP contribution in [0.1, 0.15) is 10.4 Å². The molecule has 0 saturated heterocycles. The minimum absolute atomic E-state index is 0.319. The summed E-state index contributed by atoms with van der Waals surface area (Å²) in [4.78, 5) is 12.2. The fraction of sp³-hybridized carbons (Fsp3) is 0. The number of halogens is 4. The number of hydrogen-bond acceptors (Lipinski definition) is 2. The molecule has 0 aliphatic heterocycles. The number of amides is 1. The quantitative estimate of drug-likeness (QED) is 0.448. The van der Waals surface area contributed by atoms with Gasteiger partial charge in [0, 0.05) is 18.2 Å². The standard InChI is InChI=1S/C13H8Br2FIN2O/c14-9-4-7(18)5-10(15)12(9)19-13(20)8-2-1-6(16)3-11(8)17/h1-5H,18H2,(H,19,20). The Balaban J connectivity index is 2.33. The lowest BCUT2D eigenvalue weighted by Crippen LogP contribution is -2.14. The molecule has 0 unspecified atom stereocenters. The highest BCUT2D eigenvalue weighted by atomic mass is 127. The van der Waals surface area contributed by atoms with Gasteiger partial charge in [0.05, 0.1) is 11.3 Å². The lowest BCUT2D eigenvalue weighted by atomic mass is 10.2. The van der Waals surface area contributed by atoms with Gasteiger partial charge in [0.25, 0.3) is 5.91 Å². The van der Waals surface area contributed by atoms with Gasteiger partial charge in [-0.05, 0) is 84.8 Å². The number of benzene rings is 2. The summed E-state index contributed by atoms with van der Waals surface area (Å²) in [5, 5.41) is 2.77. The van der Waals surface area contributed by atoms with Crippen molar-refractivity contribution in [3.05, 3.63) is 54.2 Å². The summed E-state index contributed by atoms with van der Waals surface area (Å²) in [6.45, 7) is 0. The number of carbonyl (C=O) groups is 1. The van der Waals surface area contributed by atoms with Gasteiger partial charge in [-0.3, -0.25) is 4.79 Å². The second-order valence-electron chi connectivity index (χ2n) is 3.94. The normalized spacial score (nSPS) is 10.4. The van der Waals surface area contributed by atoms with Crippen LogP contribution in [0, 0.1) is 9.39 Å². The van der Waals surface area contributed by atoms with Crippen LogP contribution in [0.3, 0.4) is 0 Å². The van der Waals surface area contributed by atoms with Gasteiger partial charge in [-0.1, -0.05) is 0 Å². The molecular formula is C13H8Br2FIN2O. The largest absolute Gasteiger partial charge is 0.399 e. The first-order valence-corrected chi connectivity index (χ1v) is 8.06. The average Bonchev–Trinajstić information content (AvgIpc) is 2.33. The molecule has 0 fully saturated rings. The molecule has 0 aliphatic carbocycles. The Morgan fingerprint density at radius 2 is 1.80 bits per heavy atom. The van der Waals surface area contributed by atoms with E-state index in [2.05, 4.69) is 37.2 Å². The second kappa shape index (κ2) is 6.40. The molecule has 20 heavy (non-hydrogen) atoms. The summed E-state index contributed by atoms with van der Waals surface area (Å²) in [5.41, 5.74) is 7.24. The highest BCUT2D eigenvalue weighted by Crippen LogP contribution is 2.33. The third-order valence-corrected chi connectivity index (χ3v) is 4.62. The first-order valence-electron chi connectivity index (χ1n) is 5.39. The van der Waals surface area contributed by atoms with Crippen molar-refractivity contribution >= 4 is 71.7 Å². The Morgan fingerprint density at radius 3 is 2.35 bits per heavy atom. The average molecular weight is 514 g/mol. The summed E-state index contributed by atoms with van der Waals surface area (Å²) in [7, 11) is 0. The zero-order chi connectivity index (χ0) is 14.9. The molecule has 0 atom stereocenters. The van der Waals surface area contributed by atoms with Crippen LogP contribution in [-0.4, -0.2) is 5.91 Å². The van der Waals surface area contributed by atoms with Crippen molar-refractivity contribution < 1.29 is 9.18 Å². The Hall–Kier alpha value is -0.670. The van der Waals surface area contributed by atoms with E-state index in [-0.39, 0.29) is 11.7 Å². The third kappa shape index (κ3) is 3.50. The maximum atomic E-state index is 13.0. The molecule has 0 aliphatic rings. The number of rotatable bonds is 2. The molecule has 2 rings (SSSR count). The van der Waals surface area contributed by atoms with E-state index in [0.29, 0.717) is 29.5 Å². The lowest BCUT2D eigenvalue weighted by molar-refractivity contribution is 0.102. The van der Waals surface area contributed by atoms with Crippen molar-refractivity contribution in [1.29, 1.82) is 0 Å². The molecule has 1 amide bonds. The molecule has 2 aromatic carbocycles. The van der Waals surface area contributed by atoms with Crippen molar-refractivity contribution in [3.63, 3.8) is 0 Å². The summed E-state index contributed by atoms with van der Waals surface area (Å²) in [6, 6.07) is 7.39. The highest BCUT2D eigenvalue weighted by molar-refractivity contribution is 14.1. The molecule has 3 N–H and O–H groups in total. The van der Waals surface area contributed by atoms with Crippen molar-refractivity contribution in [2.75, 3.05) is 11.1 Å². The second-order valence-corrected chi connectivity index (χ2v) is 6.81. The lowest BCUT2D eigenvalue weighted by Gasteiger charge is -2.11. The van der Waals surface area contributed by atoms with E-state index >= 15 is 0 Å². The van der Waals surface area contributed by atoms with E-state index in [1.165, 1.54) is 18.2 Å². The SMILES string of the molecule is Nc1cc(Br)c(NC(=O)c2ccc(F)cc2I)c(Br)c1. The van der Waals surface area contributed by atoms with Crippen molar-refractivity contribution in [3.8, 4) is 0 Å². The highest BCUT2D eigenvalue weighted by Gasteiger charge is 2.14. The van der Waals surface area contributed by atoms with E-state index < -0.39 is 0 Å². The van der Waals surface area contributed by atoms with E-state index in [0.717, 1.165) is 0 Å². The molecule has 0 aromatic heterocycles. The van der Waals surface area contributed by atoms with Gasteiger partial charge in [-0.2, -0.15) is 0 Å². The summed E-state index contributed by atoms with van der Waals surface area (Å²) in [6.07, 6.45) is 0. The van der Waals surface area contributed by atoms with Crippen molar-refractivity contribution in [2.24, 2.45) is 0 Å². The van der Waals surface area contributed by atoms with Gasteiger partial charge in [-0.25, -0.2) is 4.39 Å². The van der Waals surface area contributed by atoms with Crippen LogP contribution >= 0.6 is 54.5 Å². The zero-order valence-corrected chi connectivity index (χ0v) is 15.2. The van der Waals surface area contributed by atoms with Gasteiger partial charge in [0.2, 0.25) is 0 Å². The van der Waals surface area contributed by atoms with E-state index in [1.807, 2.05) is 22.6 Å². The molecule has 0 heterocycles. The molecule has 7 heteroatoms. The fourth-order valence-electron chi connectivity index (χ4n) is 1.57. The molecule has 0 saturated carbocycles. The molecule has 0 spiro atoms. The van der Waals surface area contributed by atoms with Crippen LogP contribution in [-0.2, 0) is 0 Å². The molecule has 0 radical (unpaired) electrons. The summed E-state index contributed by atoms with van der Waals surface area (Å²) < 4.78 is 14.9. The van der Waals surface area contributed by atoms with Crippen molar-refractivity contribution in [1.82, 2.24) is 0 Å². The van der Waals surface area contributed by atoms with Crippen LogP contribution in [0.15, 0.2) is 39.3 Å². The van der Waals surface area contributed by atoms with E-state index in [1.54, 1.807) is 12.1 Å². The predicted molar refractivity (Wildman–Crippen MR) is 93.3 cm³/mol. The van der Waals surface area contributed by atoms with Gasteiger partial charge < -0.3 is 11.1 Å². The molecule has 2 aromatic rings. The molecule has 3 nitrogen and oxygen atoms in total. The number of nitrogens with two attached hydrogens (primary N) is 1. The minimum atomic E-state index is -0.374. The van der Waals surface area contributed by atoms with Gasteiger partial charge in [0.15, 0.2) is 0 Å².